The molecule has 330 valence electrons. The van der Waals surface area contributed by atoms with Gasteiger partial charge in [0.25, 0.3) is 0 Å². The third kappa shape index (κ3) is 5.59. The van der Waals surface area contributed by atoms with E-state index in [1.807, 2.05) is 0 Å². The van der Waals surface area contributed by atoms with E-state index in [0.717, 1.165) is 34.1 Å². The quantitative estimate of drug-likeness (QED) is 0.162. The molecular formula is C69H44N2. The van der Waals surface area contributed by atoms with Crippen molar-refractivity contribution in [3.05, 3.63) is 289 Å². The Balaban J connectivity index is 1.06. The Morgan fingerprint density at radius 1 is 0.268 bits per heavy atom. The molecule has 3 aliphatic rings. The highest BCUT2D eigenvalue weighted by Gasteiger charge is 2.51. The molecule has 0 saturated carbocycles. The highest BCUT2D eigenvalue weighted by atomic mass is 15.2. The monoisotopic (exact) mass is 900 g/mol. The molecule has 0 amide bonds. The third-order valence-electron chi connectivity index (χ3n) is 15.6. The predicted octanol–water partition coefficient (Wildman–Crippen LogP) is 18.6. The first kappa shape index (κ1) is 39.7. The molecule has 0 N–H and O–H groups in total. The second-order valence-electron chi connectivity index (χ2n) is 19.1. The topological polar surface area (TPSA) is 6.48 Å². The lowest BCUT2D eigenvalue weighted by molar-refractivity contribution is 0.783. The fraction of sp³-hybridized carbons (Fsp3) is 0.0145. The number of hydrogen-bond donors (Lipinski definition) is 0. The van der Waals surface area contributed by atoms with Crippen LogP contribution in [0.25, 0.3) is 77.2 Å². The summed E-state index contributed by atoms with van der Waals surface area (Å²) in [6.45, 7) is 0. The summed E-state index contributed by atoms with van der Waals surface area (Å²) in [5.41, 5.74) is 23.5. The zero-order valence-electron chi connectivity index (χ0n) is 38.8. The number of benzene rings is 12. The van der Waals surface area contributed by atoms with Crippen LogP contribution in [0.5, 0.6) is 0 Å². The molecule has 0 saturated heterocycles. The number of fused-ring (bicyclic) bond motifs is 22. The van der Waals surface area contributed by atoms with Crippen molar-refractivity contribution >= 4 is 55.7 Å². The molecule has 12 aromatic carbocycles. The second-order valence-corrected chi connectivity index (χ2v) is 19.1. The van der Waals surface area contributed by atoms with Crippen molar-refractivity contribution in [3.8, 4) is 55.6 Å². The highest BCUT2D eigenvalue weighted by Crippen LogP contribution is 2.65. The molecule has 1 aliphatic heterocycles. The minimum Gasteiger partial charge on any atom is -0.310 e. The van der Waals surface area contributed by atoms with Crippen molar-refractivity contribution in [2.24, 2.45) is 0 Å². The van der Waals surface area contributed by atoms with Crippen LogP contribution < -0.4 is 9.80 Å². The molecule has 1 atom stereocenters. The van der Waals surface area contributed by atoms with E-state index in [4.69, 9.17) is 0 Å². The van der Waals surface area contributed by atoms with Gasteiger partial charge in [-0.2, -0.15) is 0 Å². The van der Waals surface area contributed by atoms with Crippen LogP contribution in [0.4, 0.5) is 34.1 Å². The zero-order valence-corrected chi connectivity index (χ0v) is 38.8. The van der Waals surface area contributed by atoms with E-state index in [9.17, 15) is 0 Å². The molecule has 0 aromatic heterocycles. The van der Waals surface area contributed by atoms with Gasteiger partial charge in [0.2, 0.25) is 0 Å². The van der Waals surface area contributed by atoms with Crippen LogP contribution in [0, 0.1) is 0 Å². The standard InChI is InChI=1S/C69H44N2/c1-3-21-45(22-4-1)70(48-40-42-58-52-28-10-9-27-51(52)57-32-17-20-38-65(57)71(66(58)44-48)46-23-5-2-6-24-46)47-39-41-56-50-26-8-7-25-49(50)55-31-15-18-36-62(55)69(64(56)43-47)63-37-19-16-35-61(63)67-59-33-13-11-29-53(59)54-30-12-14-34-60(54)68(67)69/h1-44H. The Morgan fingerprint density at radius 2 is 0.704 bits per heavy atom. The molecular weight excluding hydrogens is 857 g/mol. The smallest absolute Gasteiger partial charge is 0.0732 e. The molecule has 0 radical (unpaired) electrons. The average molecular weight is 901 g/mol. The van der Waals surface area contributed by atoms with Crippen LogP contribution in [0.15, 0.2) is 267 Å². The van der Waals surface area contributed by atoms with Gasteiger partial charge in [0.15, 0.2) is 0 Å². The normalized spacial score (nSPS) is 14.5. The number of para-hydroxylation sites is 3. The maximum Gasteiger partial charge on any atom is 0.0732 e. The molecule has 2 nitrogen and oxygen atoms in total. The summed E-state index contributed by atoms with van der Waals surface area (Å²) in [6.07, 6.45) is 0. The van der Waals surface area contributed by atoms with Crippen LogP contribution >= 0.6 is 0 Å². The summed E-state index contributed by atoms with van der Waals surface area (Å²) in [5, 5.41) is 5.11. The van der Waals surface area contributed by atoms with Gasteiger partial charge in [-0.15, -0.1) is 0 Å². The lowest BCUT2D eigenvalue weighted by atomic mass is 9.64. The van der Waals surface area contributed by atoms with Gasteiger partial charge >= 0.3 is 0 Å². The summed E-state index contributed by atoms with van der Waals surface area (Å²) in [6, 6.07) is 99.7. The summed E-state index contributed by atoms with van der Waals surface area (Å²) < 4.78 is 0. The fourth-order valence-corrected chi connectivity index (χ4v) is 12.8. The fourth-order valence-electron chi connectivity index (χ4n) is 12.8. The largest absolute Gasteiger partial charge is 0.310 e. The third-order valence-corrected chi connectivity index (χ3v) is 15.6. The Morgan fingerprint density at radius 3 is 1.38 bits per heavy atom. The number of anilines is 6. The molecule has 1 heterocycles. The van der Waals surface area contributed by atoms with Crippen molar-refractivity contribution in [2.75, 3.05) is 9.80 Å². The van der Waals surface area contributed by atoms with E-state index in [2.05, 4.69) is 277 Å². The zero-order chi connectivity index (χ0) is 46.6. The Hall–Kier alpha value is -9.24. The van der Waals surface area contributed by atoms with Crippen LogP contribution in [0.1, 0.15) is 22.3 Å². The summed E-state index contributed by atoms with van der Waals surface area (Å²) >= 11 is 0. The SMILES string of the molecule is c1ccc(N(c2ccc3c(c2)N(c2ccccc2)c2ccccc2-c2ccccc2-3)c2ccc3c(c2)C2(c4ccccc4-c4ccccc4-3)c3ccccc3-c3c2c2ccccc2c2ccccc32)cc1. The minimum absolute atomic E-state index is 0.704. The number of rotatable bonds is 4. The summed E-state index contributed by atoms with van der Waals surface area (Å²) in [4.78, 5) is 4.93. The van der Waals surface area contributed by atoms with E-state index < -0.39 is 5.41 Å². The van der Waals surface area contributed by atoms with Crippen molar-refractivity contribution in [1.82, 2.24) is 0 Å². The van der Waals surface area contributed by atoms with Crippen molar-refractivity contribution in [1.29, 1.82) is 0 Å². The molecule has 71 heavy (non-hydrogen) atoms. The molecule has 2 heteroatoms. The Labute approximate surface area is 413 Å². The van der Waals surface area contributed by atoms with Crippen LogP contribution in [0.3, 0.4) is 0 Å². The van der Waals surface area contributed by atoms with E-state index in [0.29, 0.717) is 0 Å². The van der Waals surface area contributed by atoms with E-state index in [1.54, 1.807) is 0 Å². The van der Waals surface area contributed by atoms with Gasteiger partial charge in [0, 0.05) is 33.9 Å². The van der Waals surface area contributed by atoms with E-state index in [-0.39, 0.29) is 0 Å². The van der Waals surface area contributed by atoms with Crippen molar-refractivity contribution in [3.63, 3.8) is 0 Å². The molecule has 2 aliphatic carbocycles. The van der Waals surface area contributed by atoms with Crippen molar-refractivity contribution < 1.29 is 0 Å². The maximum absolute atomic E-state index is 2.54. The number of hydrogen-bond acceptors (Lipinski definition) is 2. The van der Waals surface area contributed by atoms with Gasteiger partial charge in [-0.25, -0.2) is 0 Å². The first-order valence-electron chi connectivity index (χ1n) is 24.7. The van der Waals surface area contributed by atoms with Gasteiger partial charge in [0.1, 0.15) is 0 Å². The first-order valence-corrected chi connectivity index (χ1v) is 24.7. The molecule has 15 rings (SSSR count). The molecule has 0 fully saturated rings. The molecule has 0 bridgehead atoms. The van der Waals surface area contributed by atoms with E-state index in [1.165, 1.54) is 99.4 Å². The van der Waals surface area contributed by atoms with Gasteiger partial charge in [0.05, 0.1) is 16.8 Å². The van der Waals surface area contributed by atoms with Crippen LogP contribution in [0.2, 0.25) is 0 Å². The summed E-state index contributed by atoms with van der Waals surface area (Å²) in [7, 11) is 0. The molecule has 1 spiro atoms. The van der Waals surface area contributed by atoms with E-state index >= 15 is 0 Å². The van der Waals surface area contributed by atoms with Crippen molar-refractivity contribution in [2.45, 2.75) is 5.41 Å². The average Bonchev–Trinajstić information content (AvgIpc) is 3.63. The first-order chi connectivity index (χ1) is 35.3. The molecule has 1 unspecified atom stereocenters. The molecule has 12 aromatic rings. The highest BCUT2D eigenvalue weighted by molar-refractivity contribution is 6.20. The van der Waals surface area contributed by atoms with Gasteiger partial charge < -0.3 is 9.80 Å². The Kier molecular flexibility index (Phi) is 8.61. The second kappa shape index (κ2) is 15.4. The minimum atomic E-state index is -0.704. The van der Waals surface area contributed by atoms with Crippen LogP contribution in [-0.2, 0) is 5.41 Å². The Bertz CT molecular complexity index is 4130. The maximum atomic E-state index is 2.54. The predicted molar refractivity (Wildman–Crippen MR) is 297 cm³/mol. The number of nitrogens with zero attached hydrogens (tertiary/aromatic N) is 2. The summed E-state index contributed by atoms with van der Waals surface area (Å²) in [5.74, 6) is 0. The van der Waals surface area contributed by atoms with Crippen LogP contribution in [-0.4, -0.2) is 0 Å². The van der Waals surface area contributed by atoms with Gasteiger partial charge in [-0.05, 0) is 143 Å². The lowest BCUT2D eigenvalue weighted by Crippen LogP contribution is -2.30. The van der Waals surface area contributed by atoms with Gasteiger partial charge in [-0.1, -0.05) is 212 Å². The van der Waals surface area contributed by atoms with Gasteiger partial charge in [-0.3, -0.25) is 0 Å². The lowest BCUT2D eigenvalue weighted by Gasteiger charge is -2.37.